The number of ether oxygens (including phenoxy) is 1. The molecule has 0 spiro atoms. The third kappa shape index (κ3) is 3.81. The first-order valence-corrected chi connectivity index (χ1v) is 8.47. The summed E-state index contributed by atoms with van der Waals surface area (Å²) >= 11 is 11.8. The topological polar surface area (TPSA) is 95.2 Å². The van der Waals surface area contributed by atoms with Gasteiger partial charge in [0.15, 0.2) is 6.61 Å². The second-order valence-electron chi connectivity index (χ2n) is 5.71. The van der Waals surface area contributed by atoms with Crippen LogP contribution < -0.4 is 21.3 Å². The van der Waals surface area contributed by atoms with E-state index in [1.54, 1.807) is 12.1 Å². The van der Waals surface area contributed by atoms with Gasteiger partial charge in [-0.1, -0.05) is 23.2 Å². The number of carbonyl (C=O) groups is 1. The summed E-state index contributed by atoms with van der Waals surface area (Å²) in [4.78, 5) is 40.4. The van der Waals surface area contributed by atoms with Crippen LogP contribution in [-0.2, 0) is 18.9 Å². The number of nitrogens with one attached hydrogen (secondary N) is 1. The maximum atomic E-state index is 12.3. The van der Waals surface area contributed by atoms with E-state index in [1.165, 1.54) is 37.0 Å². The molecule has 0 unspecified atom stereocenters. The van der Waals surface area contributed by atoms with Crippen LogP contribution in [0.25, 0.3) is 11.0 Å². The van der Waals surface area contributed by atoms with Gasteiger partial charge in [-0.25, -0.2) is 9.78 Å². The van der Waals surface area contributed by atoms with Crippen LogP contribution >= 0.6 is 23.2 Å². The lowest BCUT2D eigenvalue weighted by Crippen LogP contribution is -2.37. The fourth-order valence-electron chi connectivity index (χ4n) is 2.47. The van der Waals surface area contributed by atoms with Gasteiger partial charge in [-0.2, -0.15) is 0 Å². The number of pyridine rings is 1. The Morgan fingerprint density at radius 1 is 1.19 bits per heavy atom. The van der Waals surface area contributed by atoms with Gasteiger partial charge in [-0.3, -0.25) is 18.7 Å². The Balaban J connectivity index is 1.79. The number of aromatic nitrogens is 3. The number of aryl methyl sites for hydroxylation is 1. The molecule has 0 bridgehead atoms. The van der Waals surface area contributed by atoms with Gasteiger partial charge in [0.05, 0.1) is 22.3 Å². The van der Waals surface area contributed by atoms with Crippen LogP contribution in [0.1, 0.15) is 0 Å². The van der Waals surface area contributed by atoms with E-state index < -0.39 is 17.2 Å². The van der Waals surface area contributed by atoms with E-state index in [9.17, 15) is 14.4 Å². The molecule has 0 aliphatic carbocycles. The zero-order chi connectivity index (χ0) is 19.7. The number of anilines is 1. The van der Waals surface area contributed by atoms with Crippen LogP contribution in [0.15, 0.2) is 40.1 Å². The molecule has 1 amide bonds. The molecule has 3 aromatic rings. The SMILES string of the molecule is Cn1c(=O)c2cc(NC(=O)COc3ccc(Cl)cc3Cl)cnc2n(C)c1=O. The second-order valence-corrected chi connectivity index (χ2v) is 6.56. The monoisotopic (exact) mass is 408 g/mol. The van der Waals surface area contributed by atoms with Gasteiger partial charge >= 0.3 is 5.69 Å². The Morgan fingerprint density at radius 2 is 1.93 bits per heavy atom. The Bertz CT molecular complexity index is 1170. The summed E-state index contributed by atoms with van der Waals surface area (Å²) in [5, 5.41) is 3.53. The second kappa shape index (κ2) is 7.42. The predicted molar refractivity (Wildman–Crippen MR) is 103 cm³/mol. The van der Waals surface area contributed by atoms with Gasteiger partial charge in [0.25, 0.3) is 11.5 Å². The van der Waals surface area contributed by atoms with Crippen LogP contribution in [0.5, 0.6) is 5.75 Å². The quantitative estimate of drug-likeness (QED) is 0.711. The van der Waals surface area contributed by atoms with Gasteiger partial charge in [0.2, 0.25) is 0 Å². The first-order valence-electron chi connectivity index (χ1n) is 7.71. The van der Waals surface area contributed by atoms with Crippen LogP contribution in [0.4, 0.5) is 5.69 Å². The normalized spacial score (nSPS) is 10.8. The van der Waals surface area contributed by atoms with E-state index >= 15 is 0 Å². The van der Waals surface area contributed by atoms with Crippen molar-refractivity contribution in [2.75, 3.05) is 11.9 Å². The van der Waals surface area contributed by atoms with Crippen molar-refractivity contribution in [2.24, 2.45) is 14.1 Å². The van der Waals surface area contributed by atoms with E-state index in [0.29, 0.717) is 16.5 Å². The molecule has 2 heterocycles. The molecule has 0 radical (unpaired) electrons. The summed E-state index contributed by atoms with van der Waals surface area (Å²) in [6, 6.07) is 6.11. The maximum Gasteiger partial charge on any atom is 0.332 e. The van der Waals surface area contributed by atoms with Crippen molar-refractivity contribution in [1.29, 1.82) is 0 Å². The third-order valence-corrected chi connectivity index (χ3v) is 4.36. The number of benzene rings is 1. The minimum absolute atomic E-state index is 0.207. The highest BCUT2D eigenvalue weighted by atomic mass is 35.5. The summed E-state index contributed by atoms with van der Waals surface area (Å²) in [5.41, 5.74) is -0.453. The summed E-state index contributed by atoms with van der Waals surface area (Å²) in [6.45, 7) is -0.301. The van der Waals surface area contributed by atoms with Gasteiger partial charge in [-0.05, 0) is 24.3 Å². The number of carbonyl (C=O) groups excluding carboxylic acids is 1. The van der Waals surface area contributed by atoms with Crippen LogP contribution in [0.2, 0.25) is 10.0 Å². The fraction of sp³-hybridized carbons (Fsp3) is 0.176. The number of amides is 1. The van der Waals surface area contributed by atoms with Crippen LogP contribution in [-0.4, -0.2) is 26.6 Å². The zero-order valence-corrected chi connectivity index (χ0v) is 15.8. The largest absolute Gasteiger partial charge is 0.482 e. The van der Waals surface area contributed by atoms with Crippen molar-refractivity contribution in [1.82, 2.24) is 14.1 Å². The lowest BCUT2D eigenvalue weighted by Gasteiger charge is -2.10. The van der Waals surface area contributed by atoms with Crippen LogP contribution in [0.3, 0.4) is 0 Å². The van der Waals surface area contributed by atoms with Crippen molar-refractivity contribution in [2.45, 2.75) is 0 Å². The number of fused-ring (bicyclic) bond motifs is 1. The molecular formula is C17H14Cl2N4O4. The average Bonchev–Trinajstić information content (AvgIpc) is 2.64. The van der Waals surface area contributed by atoms with Gasteiger partial charge in [0.1, 0.15) is 11.4 Å². The predicted octanol–water partition coefficient (Wildman–Crippen LogP) is 1.96. The summed E-state index contributed by atoms with van der Waals surface area (Å²) in [5.74, 6) is -0.152. The molecule has 0 saturated heterocycles. The lowest BCUT2D eigenvalue weighted by molar-refractivity contribution is -0.118. The van der Waals surface area contributed by atoms with E-state index in [1.807, 2.05) is 0 Å². The molecule has 8 nitrogen and oxygen atoms in total. The van der Waals surface area contributed by atoms with Crippen molar-refractivity contribution >= 4 is 45.8 Å². The highest BCUT2D eigenvalue weighted by molar-refractivity contribution is 6.35. The molecule has 2 aromatic heterocycles. The average molecular weight is 409 g/mol. The molecule has 0 aliphatic rings. The Morgan fingerprint density at radius 3 is 2.63 bits per heavy atom. The van der Waals surface area contributed by atoms with Crippen molar-refractivity contribution in [3.8, 4) is 5.75 Å². The Kier molecular flexibility index (Phi) is 5.20. The summed E-state index contributed by atoms with van der Waals surface area (Å²) < 4.78 is 7.59. The molecule has 0 aliphatic heterocycles. The van der Waals surface area contributed by atoms with E-state index in [2.05, 4.69) is 10.3 Å². The lowest BCUT2D eigenvalue weighted by atomic mass is 10.3. The number of hydrogen-bond acceptors (Lipinski definition) is 5. The van der Waals surface area contributed by atoms with E-state index in [4.69, 9.17) is 27.9 Å². The number of halogens is 2. The van der Waals surface area contributed by atoms with Gasteiger partial charge in [-0.15, -0.1) is 0 Å². The minimum atomic E-state index is -0.499. The molecule has 27 heavy (non-hydrogen) atoms. The Hall–Kier alpha value is -2.84. The summed E-state index contributed by atoms with van der Waals surface area (Å²) in [7, 11) is 2.89. The molecule has 140 valence electrons. The smallest absolute Gasteiger partial charge is 0.332 e. The maximum absolute atomic E-state index is 12.3. The van der Waals surface area contributed by atoms with E-state index in [-0.39, 0.29) is 22.7 Å². The standard InChI is InChI=1S/C17H14Cl2N4O4/c1-22-15-11(16(25)23(2)17(22)26)6-10(7-20-15)21-14(24)8-27-13-4-3-9(18)5-12(13)19/h3-7H,8H2,1-2H3,(H,21,24). The first-order chi connectivity index (χ1) is 12.8. The molecule has 1 aromatic carbocycles. The minimum Gasteiger partial charge on any atom is -0.482 e. The highest BCUT2D eigenvalue weighted by Gasteiger charge is 2.12. The molecule has 0 fully saturated rings. The van der Waals surface area contributed by atoms with Crippen molar-refractivity contribution in [3.63, 3.8) is 0 Å². The molecular weight excluding hydrogens is 395 g/mol. The van der Waals surface area contributed by atoms with Gasteiger partial charge < -0.3 is 10.1 Å². The number of hydrogen-bond donors (Lipinski definition) is 1. The zero-order valence-electron chi connectivity index (χ0n) is 14.3. The number of nitrogens with zero attached hydrogens (tertiary/aromatic N) is 3. The third-order valence-electron chi connectivity index (χ3n) is 3.83. The van der Waals surface area contributed by atoms with Crippen molar-refractivity contribution < 1.29 is 9.53 Å². The molecule has 0 saturated carbocycles. The fourth-order valence-corrected chi connectivity index (χ4v) is 2.93. The van der Waals surface area contributed by atoms with Crippen molar-refractivity contribution in [3.05, 3.63) is 61.3 Å². The van der Waals surface area contributed by atoms with Gasteiger partial charge in [0, 0.05) is 19.1 Å². The first kappa shape index (κ1) is 18.9. The highest BCUT2D eigenvalue weighted by Crippen LogP contribution is 2.27. The number of rotatable bonds is 4. The molecule has 3 rings (SSSR count). The molecule has 10 heteroatoms. The van der Waals surface area contributed by atoms with E-state index in [0.717, 1.165) is 4.57 Å². The molecule has 0 atom stereocenters. The molecule has 1 N–H and O–H groups in total. The van der Waals surface area contributed by atoms with Crippen LogP contribution in [0, 0.1) is 0 Å². The Labute approximate surface area is 162 Å². The summed E-state index contributed by atoms with van der Waals surface area (Å²) in [6.07, 6.45) is 1.36.